The summed E-state index contributed by atoms with van der Waals surface area (Å²) in [6.45, 7) is 2.12. The Balaban J connectivity index is 2.38. The molecule has 0 unspecified atom stereocenters. The molecule has 82 valence electrons. The lowest BCUT2D eigenvalue weighted by atomic mass is 10.2. The molecule has 0 spiro atoms. The van der Waals surface area contributed by atoms with Crippen LogP contribution in [0.15, 0.2) is 24.4 Å². The number of aromatic nitrogens is 1. The third-order valence-electron chi connectivity index (χ3n) is 1.89. The highest BCUT2D eigenvalue weighted by atomic mass is 16.1. The molecule has 1 aromatic heterocycles. The molecule has 0 aliphatic rings. The first-order valence-electron chi connectivity index (χ1n) is 4.99. The summed E-state index contributed by atoms with van der Waals surface area (Å²) in [5.74, 6) is -0.0232. The average molecular weight is 215 g/mol. The molecule has 1 N–H and O–H groups in total. The Kier molecular flexibility index (Phi) is 4.74. The summed E-state index contributed by atoms with van der Waals surface area (Å²) in [6, 6.07) is 5.52. The van der Waals surface area contributed by atoms with Crippen molar-refractivity contribution in [2.45, 2.75) is 13.3 Å². The Hall–Kier alpha value is -2.15. The molecule has 0 fully saturated rings. The van der Waals surface area contributed by atoms with Gasteiger partial charge >= 0.3 is 0 Å². The Morgan fingerprint density at radius 1 is 1.62 bits per heavy atom. The molecule has 4 heteroatoms. The van der Waals surface area contributed by atoms with Crippen molar-refractivity contribution in [2.75, 3.05) is 6.54 Å². The first-order valence-corrected chi connectivity index (χ1v) is 4.99. The largest absolute Gasteiger partial charge is 0.356 e. The lowest BCUT2D eigenvalue weighted by Gasteiger charge is -1.96. The van der Waals surface area contributed by atoms with E-state index in [0.29, 0.717) is 12.1 Å². The number of nitrogens with zero attached hydrogens (tertiary/aromatic N) is 2. The number of rotatable bonds is 4. The van der Waals surface area contributed by atoms with Crippen LogP contribution in [0.3, 0.4) is 0 Å². The lowest BCUT2D eigenvalue weighted by Crippen LogP contribution is -2.20. The quantitative estimate of drug-likeness (QED) is 0.774. The van der Waals surface area contributed by atoms with Crippen molar-refractivity contribution in [1.29, 1.82) is 5.26 Å². The van der Waals surface area contributed by atoms with Crippen LogP contribution in [0.25, 0.3) is 6.08 Å². The minimum absolute atomic E-state index is 0.0232. The normalized spacial score (nSPS) is 10.0. The number of amides is 1. The van der Waals surface area contributed by atoms with Gasteiger partial charge in [-0.25, -0.2) is 0 Å². The standard InChI is InChI=1S/C12H13N3O/c1-10(16)14-7-3-2-4-12-6-5-11(8-13)9-15-12/h2,4-6,9H,3,7H2,1H3,(H,14,16). The van der Waals surface area contributed by atoms with Crippen LogP contribution < -0.4 is 5.32 Å². The van der Waals surface area contributed by atoms with Crippen LogP contribution in [0, 0.1) is 11.3 Å². The van der Waals surface area contributed by atoms with Crippen molar-refractivity contribution >= 4 is 12.0 Å². The van der Waals surface area contributed by atoms with E-state index in [-0.39, 0.29) is 5.91 Å². The van der Waals surface area contributed by atoms with Gasteiger partial charge in [-0.2, -0.15) is 5.26 Å². The van der Waals surface area contributed by atoms with Crippen molar-refractivity contribution in [3.8, 4) is 6.07 Å². The maximum absolute atomic E-state index is 10.6. The highest BCUT2D eigenvalue weighted by Gasteiger charge is 1.91. The highest BCUT2D eigenvalue weighted by Crippen LogP contribution is 2.01. The van der Waals surface area contributed by atoms with Crippen molar-refractivity contribution in [1.82, 2.24) is 10.3 Å². The first kappa shape index (κ1) is 11.9. The Morgan fingerprint density at radius 2 is 2.44 bits per heavy atom. The summed E-state index contributed by atoms with van der Waals surface area (Å²) in [6.07, 6.45) is 6.10. The van der Waals surface area contributed by atoms with Gasteiger partial charge in [0.2, 0.25) is 5.91 Å². The monoisotopic (exact) mass is 215 g/mol. The summed E-state index contributed by atoms with van der Waals surface area (Å²) < 4.78 is 0. The molecule has 1 heterocycles. The van der Waals surface area contributed by atoms with E-state index < -0.39 is 0 Å². The van der Waals surface area contributed by atoms with Gasteiger partial charge in [-0.1, -0.05) is 6.08 Å². The zero-order valence-electron chi connectivity index (χ0n) is 9.10. The summed E-state index contributed by atoms with van der Waals surface area (Å²) in [5, 5.41) is 11.3. The zero-order valence-corrected chi connectivity index (χ0v) is 9.10. The third-order valence-corrected chi connectivity index (χ3v) is 1.89. The summed E-state index contributed by atoms with van der Waals surface area (Å²) in [4.78, 5) is 14.7. The molecule has 0 aliphatic carbocycles. The molecule has 1 rings (SSSR count). The minimum atomic E-state index is -0.0232. The molecule has 16 heavy (non-hydrogen) atoms. The second-order valence-electron chi connectivity index (χ2n) is 3.26. The van der Waals surface area contributed by atoms with Gasteiger partial charge in [-0.15, -0.1) is 0 Å². The Morgan fingerprint density at radius 3 is 3.00 bits per heavy atom. The number of hydrogen-bond donors (Lipinski definition) is 1. The first-order chi connectivity index (χ1) is 7.72. The third kappa shape index (κ3) is 4.38. The van der Waals surface area contributed by atoms with E-state index in [1.165, 1.54) is 13.1 Å². The fourth-order valence-electron chi connectivity index (χ4n) is 1.11. The molecule has 0 saturated heterocycles. The van der Waals surface area contributed by atoms with Crippen LogP contribution in [0.2, 0.25) is 0 Å². The van der Waals surface area contributed by atoms with Crippen LogP contribution >= 0.6 is 0 Å². The van der Waals surface area contributed by atoms with E-state index >= 15 is 0 Å². The number of hydrogen-bond acceptors (Lipinski definition) is 3. The average Bonchev–Trinajstić information content (AvgIpc) is 2.29. The molecule has 1 aromatic rings. The zero-order chi connectivity index (χ0) is 11.8. The molecular formula is C12H13N3O. The SMILES string of the molecule is CC(=O)NCCC=Cc1ccc(C#N)cn1. The highest BCUT2D eigenvalue weighted by molar-refractivity contribution is 5.72. The number of carbonyl (C=O) groups excluding carboxylic acids is 1. The molecule has 1 amide bonds. The fourth-order valence-corrected chi connectivity index (χ4v) is 1.11. The second-order valence-corrected chi connectivity index (χ2v) is 3.26. The van der Waals surface area contributed by atoms with Crippen LogP contribution in [0.4, 0.5) is 0 Å². The van der Waals surface area contributed by atoms with Gasteiger partial charge in [0.15, 0.2) is 0 Å². The summed E-state index contributed by atoms with van der Waals surface area (Å²) >= 11 is 0. The predicted octanol–water partition coefficient (Wildman–Crippen LogP) is 1.49. The lowest BCUT2D eigenvalue weighted by molar-refractivity contribution is -0.118. The smallest absolute Gasteiger partial charge is 0.216 e. The van der Waals surface area contributed by atoms with Crippen molar-refractivity contribution in [2.24, 2.45) is 0 Å². The van der Waals surface area contributed by atoms with Crippen molar-refractivity contribution in [3.05, 3.63) is 35.7 Å². The van der Waals surface area contributed by atoms with E-state index in [4.69, 9.17) is 5.26 Å². The van der Waals surface area contributed by atoms with E-state index in [1.807, 2.05) is 18.2 Å². The number of carbonyl (C=O) groups is 1. The van der Waals surface area contributed by atoms with Crippen LogP contribution in [0.1, 0.15) is 24.6 Å². The minimum Gasteiger partial charge on any atom is -0.356 e. The van der Waals surface area contributed by atoms with Crippen LogP contribution in [-0.4, -0.2) is 17.4 Å². The van der Waals surface area contributed by atoms with E-state index in [2.05, 4.69) is 10.3 Å². The Labute approximate surface area is 94.6 Å². The van der Waals surface area contributed by atoms with Gasteiger partial charge in [-0.05, 0) is 24.6 Å². The molecule has 0 atom stereocenters. The maximum atomic E-state index is 10.6. The molecular weight excluding hydrogens is 202 g/mol. The van der Waals surface area contributed by atoms with Gasteiger partial charge in [0.05, 0.1) is 11.3 Å². The maximum Gasteiger partial charge on any atom is 0.216 e. The summed E-state index contributed by atoms with van der Waals surface area (Å²) in [5.41, 5.74) is 1.36. The second kappa shape index (κ2) is 6.36. The molecule has 4 nitrogen and oxygen atoms in total. The molecule has 0 saturated carbocycles. The molecule has 0 bridgehead atoms. The Bertz CT molecular complexity index is 415. The van der Waals surface area contributed by atoms with Crippen molar-refractivity contribution < 1.29 is 4.79 Å². The van der Waals surface area contributed by atoms with Crippen LogP contribution in [-0.2, 0) is 4.79 Å². The molecule has 0 aromatic carbocycles. The van der Waals surface area contributed by atoms with Gasteiger partial charge in [0.1, 0.15) is 6.07 Å². The van der Waals surface area contributed by atoms with Gasteiger partial charge in [0.25, 0.3) is 0 Å². The van der Waals surface area contributed by atoms with E-state index in [1.54, 1.807) is 12.1 Å². The van der Waals surface area contributed by atoms with E-state index in [0.717, 1.165) is 12.1 Å². The predicted molar refractivity (Wildman–Crippen MR) is 61.3 cm³/mol. The van der Waals surface area contributed by atoms with Gasteiger partial charge in [0, 0.05) is 19.7 Å². The number of nitrogens with one attached hydrogen (secondary N) is 1. The van der Waals surface area contributed by atoms with Gasteiger partial charge < -0.3 is 5.32 Å². The fraction of sp³-hybridized carbons (Fsp3) is 0.250. The van der Waals surface area contributed by atoms with Crippen molar-refractivity contribution in [3.63, 3.8) is 0 Å². The number of pyridine rings is 1. The van der Waals surface area contributed by atoms with Crippen LogP contribution in [0.5, 0.6) is 0 Å². The van der Waals surface area contributed by atoms with E-state index in [9.17, 15) is 4.79 Å². The topological polar surface area (TPSA) is 65.8 Å². The summed E-state index contributed by atoms with van der Waals surface area (Å²) in [7, 11) is 0. The van der Waals surface area contributed by atoms with Gasteiger partial charge in [-0.3, -0.25) is 9.78 Å². The number of nitriles is 1. The molecule has 0 radical (unpaired) electrons. The molecule has 0 aliphatic heterocycles.